The fourth-order valence-electron chi connectivity index (χ4n) is 1.75. The van der Waals surface area contributed by atoms with Crippen molar-refractivity contribution in [3.63, 3.8) is 0 Å². The number of rotatable bonds is 6. The zero-order chi connectivity index (χ0) is 12.0. The molecule has 0 radical (unpaired) electrons. The fraction of sp³-hybridized carbons (Fsp3) is 0.800. The van der Waals surface area contributed by atoms with Gasteiger partial charge < -0.3 is 20.8 Å². The molecule has 2 atom stereocenters. The summed E-state index contributed by atoms with van der Waals surface area (Å²) in [6, 6.07) is -1.19. The van der Waals surface area contributed by atoms with E-state index >= 15 is 0 Å². The first kappa shape index (κ1) is 12.9. The maximum atomic E-state index is 11.4. The summed E-state index contributed by atoms with van der Waals surface area (Å²) in [7, 11) is 0. The first-order valence-electron chi connectivity index (χ1n) is 5.47. The van der Waals surface area contributed by atoms with Gasteiger partial charge in [-0.25, -0.2) is 4.79 Å². The molecule has 1 unspecified atom stereocenters. The monoisotopic (exact) mass is 230 g/mol. The molecule has 0 saturated carbocycles. The third-order valence-electron chi connectivity index (χ3n) is 2.76. The van der Waals surface area contributed by atoms with Crippen LogP contribution in [0.3, 0.4) is 0 Å². The van der Waals surface area contributed by atoms with Crippen molar-refractivity contribution >= 4 is 11.9 Å². The number of carbonyl (C=O) groups is 2. The number of aliphatic carboxylic acids is 1. The van der Waals surface area contributed by atoms with E-state index in [9.17, 15) is 9.59 Å². The first-order chi connectivity index (χ1) is 7.63. The van der Waals surface area contributed by atoms with Gasteiger partial charge in [-0.2, -0.15) is 0 Å². The molecule has 16 heavy (non-hydrogen) atoms. The number of carboxylic acid groups (broad SMARTS) is 1. The van der Waals surface area contributed by atoms with Gasteiger partial charge in [0.2, 0.25) is 5.91 Å². The summed E-state index contributed by atoms with van der Waals surface area (Å²) in [6.45, 7) is 1.34. The molecule has 1 aliphatic heterocycles. The van der Waals surface area contributed by atoms with Gasteiger partial charge in [-0.15, -0.1) is 0 Å². The second-order valence-corrected chi connectivity index (χ2v) is 4.04. The molecule has 1 heterocycles. The predicted octanol–water partition coefficient (Wildman–Crippen LogP) is -1.06. The smallest absolute Gasteiger partial charge is 0.328 e. The van der Waals surface area contributed by atoms with Crippen LogP contribution in [0.4, 0.5) is 0 Å². The topological polar surface area (TPSA) is 98.7 Å². The van der Waals surface area contributed by atoms with E-state index < -0.39 is 18.6 Å². The van der Waals surface area contributed by atoms with Gasteiger partial charge in [-0.3, -0.25) is 4.79 Å². The zero-order valence-corrected chi connectivity index (χ0v) is 9.11. The van der Waals surface area contributed by atoms with Crippen molar-refractivity contribution in [3.8, 4) is 0 Å². The summed E-state index contributed by atoms with van der Waals surface area (Å²) in [5.41, 5.74) is 0. The molecule has 1 fully saturated rings. The van der Waals surface area contributed by atoms with Crippen LogP contribution in [-0.2, 0) is 9.59 Å². The molecule has 6 nitrogen and oxygen atoms in total. The van der Waals surface area contributed by atoms with E-state index in [1.165, 1.54) is 0 Å². The lowest BCUT2D eigenvalue weighted by Gasteiger charge is -2.12. The van der Waals surface area contributed by atoms with Crippen molar-refractivity contribution in [2.24, 2.45) is 5.92 Å². The molecule has 0 aromatic rings. The summed E-state index contributed by atoms with van der Waals surface area (Å²) >= 11 is 0. The summed E-state index contributed by atoms with van der Waals surface area (Å²) in [4.78, 5) is 21.9. The Morgan fingerprint density at radius 3 is 2.75 bits per heavy atom. The van der Waals surface area contributed by atoms with Gasteiger partial charge in [0.05, 0.1) is 6.61 Å². The van der Waals surface area contributed by atoms with E-state index in [1.54, 1.807) is 0 Å². The Bertz CT molecular complexity index is 251. The molecule has 1 amide bonds. The lowest BCUT2D eigenvalue weighted by molar-refractivity contribution is -0.143. The maximum absolute atomic E-state index is 11.4. The SMILES string of the molecule is O=C(CCC1CCNC1)N[C@H](CO)C(=O)O. The van der Waals surface area contributed by atoms with Crippen LogP contribution in [0.15, 0.2) is 0 Å². The molecule has 1 rings (SSSR count). The highest BCUT2D eigenvalue weighted by Crippen LogP contribution is 2.13. The summed E-state index contributed by atoms with van der Waals surface area (Å²) in [5, 5.41) is 22.8. The molecule has 1 aliphatic rings. The van der Waals surface area contributed by atoms with Crippen LogP contribution in [0.25, 0.3) is 0 Å². The lowest BCUT2D eigenvalue weighted by atomic mass is 10.0. The largest absolute Gasteiger partial charge is 0.480 e. The van der Waals surface area contributed by atoms with Crippen molar-refractivity contribution < 1.29 is 19.8 Å². The van der Waals surface area contributed by atoms with E-state index in [0.717, 1.165) is 25.9 Å². The van der Waals surface area contributed by atoms with E-state index in [1.807, 2.05) is 0 Å². The molecule has 0 aromatic heterocycles. The minimum Gasteiger partial charge on any atom is -0.480 e. The number of carboxylic acids is 1. The van der Waals surface area contributed by atoms with E-state index in [-0.39, 0.29) is 5.91 Å². The second-order valence-electron chi connectivity index (χ2n) is 4.04. The summed E-state index contributed by atoms with van der Waals surface area (Å²) in [5.74, 6) is -1.02. The van der Waals surface area contributed by atoms with Gasteiger partial charge >= 0.3 is 5.97 Å². The predicted molar refractivity (Wildman–Crippen MR) is 56.9 cm³/mol. The number of amides is 1. The average molecular weight is 230 g/mol. The Hall–Kier alpha value is -1.14. The van der Waals surface area contributed by atoms with Gasteiger partial charge in [0.15, 0.2) is 0 Å². The molecule has 1 saturated heterocycles. The number of hydrogen-bond acceptors (Lipinski definition) is 4. The van der Waals surface area contributed by atoms with Crippen LogP contribution in [-0.4, -0.2) is 47.8 Å². The van der Waals surface area contributed by atoms with Crippen LogP contribution in [0.2, 0.25) is 0 Å². The summed E-state index contributed by atoms with van der Waals surface area (Å²) < 4.78 is 0. The Labute approximate surface area is 94.0 Å². The highest BCUT2D eigenvalue weighted by molar-refractivity contribution is 5.83. The average Bonchev–Trinajstić information content (AvgIpc) is 2.75. The number of aliphatic hydroxyl groups is 1. The molecule has 92 valence electrons. The fourth-order valence-corrected chi connectivity index (χ4v) is 1.75. The minimum atomic E-state index is -1.21. The number of nitrogens with one attached hydrogen (secondary N) is 2. The van der Waals surface area contributed by atoms with Crippen molar-refractivity contribution in [2.45, 2.75) is 25.3 Å². The Kier molecular flexibility index (Phi) is 5.21. The molecule has 0 aliphatic carbocycles. The minimum absolute atomic E-state index is 0.312. The summed E-state index contributed by atoms with van der Waals surface area (Å²) in [6.07, 6.45) is 2.14. The number of hydrogen-bond donors (Lipinski definition) is 4. The zero-order valence-electron chi connectivity index (χ0n) is 9.11. The van der Waals surface area contributed by atoms with Gasteiger partial charge in [0.25, 0.3) is 0 Å². The standard InChI is InChI=1S/C10H18N2O4/c13-6-8(10(15)16)12-9(14)2-1-7-3-4-11-5-7/h7-8,11,13H,1-6H2,(H,12,14)(H,15,16)/t7?,8-/m1/s1. The van der Waals surface area contributed by atoms with Crippen molar-refractivity contribution in [1.82, 2.24) is 10.6 Å². The van der Waals surface area contributed by atoms with E-state index in [0.29, 0.717) is 12.3 Å². The normalized spacial score (nSPS) is 21.7. The van der Waals surface area contributed by atoms with Gasteiger partial charge in [-0.1, -0.05) is 0 Å². The highest BCUT2D eigenvalue weighted by atomic mass is 16.4. The third kappa shape index (κ3) is 4.16. The Balaban J connectivity index is 2.21. The van der Waals surface area contributed by atoms with Gasteiger partial charge in [-0.05, 0) is 31.8 Å². The van der Waals surface area contributed by atoms with Gasteiger partial charge in [0.1, 0.15) is 6.04 Å². The van der Waals surface area contributed by atoms with Crippen molar-refractivity contribution in [1.29, 1.82) is 0 Å². The van der Waals surface area contributed by atoms with Crippen molar-refractivity contribution in [3.05, 3.63) is 0 Å². The third-order valence-corrected chi connectivity index (χ3v) is 2.76. The highest BCUT2D eigenvalue weighted by Gasteiger charge is 2.20. The second kappa shape index (κ2) is 6.44. The molecule has 0 spiro atoms. The van der Waals surface area contributed by atoms with Crippen LogP contribution in [0, 0.1) is 5.92 Å². The van der Waals surface area contributed by atoms with Gasteiger partial charge in [0, 0.05) is 6.42 Å². The van der Waals surface area contributed by atoms with Crippen LogP contribution in [0.1, 0.15) is 19.3 Å². The molecular formula is C10H18N2O4. The number of aliphatic hydroxyl groups excluding tert-OH is 1. The first-order valence-corrected chi connectivity index (χ1v) is 5.47. The Morgan fingerprint density at radius 2 is 2.25 bits per heavy atom. The molecule has 4 N–H and O–H groups in total. The molecule has 0 aromatic carbocycles. The van der Waals surface area contributed by atoms with Crippen LogP contribution >= 0.6 is 0 Å². The molecular weight excluding hydrogens is 212 g/mol. The van der Waals surface area contributed by atoms with Crippen LogP contribution < -0.4 is 10.6 Å². The molecule has 6 heteroatoms. The maximum Gasteiger partial charge on any atom is 0.328 e. The number of carbonyl (C=O) groups excluding carboxylic acids is 1. The van der Waals surface area contributed by atoms with E-state index in [2.05, 4.69) is 10.6 Å². The molecule has 0 bridgehead atoms. The quantitative estimate of drug-likeness (QED) is 0.466. The van der Waals surface area contributed by atoms with E-state index in [4.69, 9.17) is 10.2 Å². The van der Waals surface area contributed by atoms with Crippen molar-refractivity contribution in [2.75, 3.05) is 19.7 Å². The Morgan fingerprint density at radius 1 is 1.50 bits per heavy atom. The van der Waals surface area contributed by atoms with Crippen LogP contribution in [0.5, 0.6) is 0 Å². The lowest BCUT2D eigenvalue weighted by Crippen LogP contribution is -2.43.